The lowest BCUT2D eigenvalue weighted by Gasteiger charge is -2.26. The van der Waals surface area contributed by atoms with Crippen molar-refractivity contribution in [2.24, 2.45) is 0 Å². The quantitative estimate of drug-likeness (QED) is 0.773. The fourth-order valence-electron chi connectivity index (χ4n) is 2.66. The van der Waals surface area contributed by atoms with Crippen LogP contribution in [0.4, 0.5) is 0 Å². The van der Waals surface area contributed by atoms with Crippen molar-refractivity contribution >= 4 is 17.4 Å². The fraction of sp³-hybridized carbons (Fsp3) is 0.692. The van der Waals surface area contributed by atoms with E-state index in [4.69, 9.17) is 16.3 Å². The van der Waals surface area contributed by atoms with Crippen LogP contribution in [0.1, 0.15) is 49.5 Å². The molecule has 2 rings (SSSR count). The first-order valence-electron chi connectivity index (χ1n) is 6.46. The van der Waals surface area contributed by atoms with E-state index < -0.39 is 5.60 Å². The van der Waals surface area contributed by atoms with Crippen molar-refractivity contribution in [2.45, 2.75) is 51.2 Å². The number of ether oxygens (including phenoxy) is 1. The number of Topliss-reactive ketones (excluding diaryl/α,β-unsaturated/α-hetero) is 1. The zero-order valence-corrected chi connectivity index (χ0v) is 11.7. The molecule has 0 aliphatic heterocycles. The van der Waals surface area contributed by atoms with Crippen LogP contribution in [0.25, 0.3) is 0 Å². The molecule has 0 radical (unpaired) electrons. The topological polar surface area (TPSA) is 44.1 Å². The molecule has 18 heavy (non-hydrogen) atoms. The highest BCUT2D eigenvalue weighted by atomic mass is 35.5. The Kier molecular flexibility index (Phi) is 4.07. The Balaban J connectivity index is 2.35. The summed E-state index contributed by atoms with van der Waals surface area (Å²) in [6, 6.07) is 0. The van der Waals surface area contributed by atoms with Crippen LogP contribution in [0.2, 0.25) is 5.02 Å². The van der Waals surface area contributed by atoms with Gasteiger partial charge >= 0.3 is 0 Å². The van der Waals surface area contributed by atoms with E-state index in [9.17, 15) is 4.79 Å². The molecule has 0 N–H and O–H groups in total. The van der Waals surface area contributed by atoms with Crippen LogP contribution >= 0.6 is 11.6 Å². The lowest BCUT2D eigenvalue weighted by Crippen LogP contribution is -2.39. The average Bonchev–Trinajstić information content (AvgIpc) is 2.97. The summed E-state index contributed by atoms with van der Waals surface area (Å²) >= 11 is 6.11. The second kappa shape index (κ2) is 5.41. The standard InChI is InChI=1S/C13H19ClN2O2/c1-3-8-16-11(10(14)9-15-16)12(17)13(18-2)6-4-5-7-13/h9H,3-8H2,1-2H3. The lowest BCUT2D eigenvalue weighted by molar-refractivity contribution is 0.00514. The monoisotopic (exact) mass is 270 g/mol. The zero-order chi connectivity index (χ0) is 13.2. The predicted molar refractivity (Wildman–Crippen MR) is 70.1 cm³/mol. The number of methoxy groups -OCH3 is 1. The van der Waals surface area contributed by atoms with Gasteiger partial charge in [0, 0.05) is 13.7 Å². The third-order valence-corrected chi connectivity index (χ3v) is 3.94. The summed E-state index contributed by atoms with van der Waals surface area (Å²) in [6.07, 6.45) is 6.06. The molecule has 0 spiro atoms. The Hall–Kier alpha value is -0.870. The van der Waals surface area contributed by atoms with Crippen LogP contribution in [0.3, 0.4) is 0 Å². The van der Waals surface area contributed by atoms with Gasteiger partial charge in [-0.25, -0.2) is 0 Å². The highest BCUT2D eigenvalue weighted by Crippen LogP contribution is 2.37. The maximum atomic E-state index is 12.7. The smallest absolute Gasteiger partial charge is 0.214 e. The van der Waals surface area contributed by atoms with Crippen molar-refractivity contribution in [1.82, 2.24) is 9.78 Å². The molecule has 100 valence electrons. The molecule has 0 amide bonds. The van der Waals surface area contributed by atoms with E-state index in [1.54, 1.807) is 18.0 Å². The first-order valence-corrected chi connectivity index (χ1v) is 6.83. The Morgan fingerprint density at radius 1 is 1.56 bits per heavy atom. The molecule has 1 aliphatic carbocycles. The van der Waals surface area contributed by atoms with E-state index >= 15 is 0 Å². The number of rotatable bonds is 5. The van der Waals surface area contributed by atoms with Gasteiger partial charge < -0.3 is 4.74 Å². The Morgan fingerprint density at radius 2 is 2.22 bits per heavy atom. The molecule has 1 fully saturated rings. The summed E-state index contributed by atoms with van der Waals surface area (Å²) < 4.78 is 7.22. The van der Waals surface area contributed by atoms with E-state index in [-0.39, 0.29) is 5.78 Å². The molecular formula is C13H19ClN2O2. The Morgan fingerprint density at radius 3 is 2.78 bits per heavy atom. The highest BCUT2D eigenvalue weighted by Gasteiger charge is 2.43. The number of nitrogens with zero attached hydrogens (tertiary/aromatic N) is 2. The van der Waals surface area contributed by atoms with Crippen molar-refractivity contribution in [1.29, 1.82) is 0 Å². The van der Waals surface area contributed by atoms with Gasteiger partial charge in [0.2, 0.25) is 5.78 Å². The Labute approximate surface area is 112 Å². The van der Waals surface area contributed by atoms with Crippen LogP contribution < -0.4 is 0 Å². The van der Waals surface area contributed by atoms with Crippen molar-refractivity contribution in [3.05, 3.63) is 16.9 Å². The molecule has 0 bridgehead atoms. The van der Waals surface area contributed by atoms with Gasteiger partial charge in [0.15, 0.2) is 0 Å². The van der Waals surface area contributed by atoms with Gasteiger partial charge in [-0.05, 0) is 32.1 Å². The number of ketones is 1. The highest BCUT2D eigenvalue weighted by molar-refractivity contribution is 6.34. The van der Waals surface area contributed by atoms with Crippen LogP contribution in [0, 0.1) is 0 Å². The number of carbonyl (C=O) groups is 1. The van der Waals surface area contributed by atoms with Crippen LogP contribution in [-0.2, 0) is 11.3 Å². The third kappa shape index (κ3) is 2.19. The zero-order valence-electron chi connectivity index (χ0n) is 10.9. The molecule has 0 atom stereocenters. The van der Waals surface area contributed by atoms with Gasteiger partial charge in [-0.15, -0.1) is 0 Å². The van der Waals surface area contributed by atoms with Gasteiger partial charge in [-0.3, -0.25) is 9.48 Å². The second-order valence-corrected chi connectivity index (χ2v) is 5.21. The number of halogens is 1. The van der Waals surface area contributed by atoms with Crippen LogP contribution in [-0.4, -0.2) is 28.3 Å². The minimum Gasteiger partial charge on any atom is -0.370 e. The van der Waals surface area contributed by atoms with Crippen molar-refractivity contribution in [3.8, 4) is 0 Å². The number of hydrogen-bond donors (Lipinski definition) is 0. The van der Waals surface area contributed by atoms with Gasteiger partial charge in [-0.2, -0.15) is 5.10 Å². The summed E-state index contributed by atoms with van der Waals surface area (Å²) in [6.45, 7) is 2.75. The molecule has 0 saturated heterocycles. The molecule has 1 saturated carbocycles. The van der Waals surface area contributed by atoms with E-state index in [1.807, 2.05) is 6.92 Å². The SMILES string of the molecule is CCCn1ncc(Cl)c1C(=O)C1(OC)CCCC1. The predicted octanol–water partition coefficient (Wildman–Crippen LogP) is 3.09. The molecular weight excluding hydrogens is 252 g/mol. The van der Waals surface area contributed by atoms with E-state index in [1.165, 1.54) is 0 Å². The summed E-state index contributed by atoms with van der Waals surface area (Å²) in [5.74, 6) is -0.0153. The first kappa shape index (κ1) is 13.6. The largest absolute Gasteiger partial charge is 0.370 e. The van der Waals surface area contributed by atoms with E-state index in [0.717, 1.165) is 32.1 Å². The summed E-state index contributed by atoms with van der Waals surface area (Å²) in [5.41, 5.74) is -0.183. The summed E-state index contributed by atoms with van der Waals surface area (Å²) in [5, 5.41) is 4.60. The minimum absolute atomic E-state index is 0.0153. The van der Waals surface area contributed by atoms with Gasteiger partial charge in [0.25, 0.3) is 0 Å². The van der Waals surface area contributed by atoms with Crippen LogP contribution in [0.5, 0.6) is 0 Å². The molecule has 1 aromatic rings. The molecule has 1 aliphatic rings. The Bertz CT molecular complexity index is 436. The fourth-order valence-corrected chi connectivity index (χ4v) is 2.88. The van der Waals surface area contributed by atoms with E-state index in [2.05, 4.69) is 5.10 Å². The lowest BCUT2D eigenvalue weighted by atomic mass is 9.94. The first-order chi connectivity index (χ1) is 8.64. The van der Waals surface area contributed by atoms with Gasteiger partial charge in [0.1, 0.15) is 11.3 Å². The van der Waals surface area contributed by atoms with Crippen molar-refractivity contribution in [3.63, 3.8) is 0 Å². The maximum absolute atomic E-state index is 12.7. The molecule has 0 aromatic carbocycles. The van der Waals surface area contributed by atoms with Crippen LogP contribution in [0.15, 0.2) is 6.20 Å². The number of hydrogen-bond acceptors (Lipinski definition) is 3. The minimum atomic E-state index is -0.685. The second-order valence-electron chi connectivity index (χ2n) is 4.80. The molecule has 0 unspecified atom stereocenters. The molecule has 1 heterocycles. The number of carbonyl (C=O) groups excluding carboxylic acids is 1. The summed E-state index contributed by atoms with van der Waals surface area (Å²) in [4.78, 5) is 12.7. The molecule has 5 heteroatoms. The van der Waals surface area contributed by atoms with Crippen molar-refractivity contribution < 1.29 is 9.53 Å². The van der Waals surface area contributed by atoms with E-state index in [0.29, 0.717) is 17.3 Å². The van der Waals surface area contributed by atoms with Gasteiger partial charge in [0.05, 0.1) is 11.2 Å². The van der Waals surface area contributed by atoms with Crippen molar-refractivity contribution in [2.75, 3.05) is 7.11 Å². The third-order valence-electron chi connectivity index (χ3n) is 3.66. The number of aromatic nitrogens is 2. The maximum Gasteiger partial charge on any atom is 0.214 e. The number of aryl methyl sites for hydroxylation is 1. The summed E-state index contributed by atoms with van der Waals surface area (Å²) in [7, 11) is 1.61. The van der Waals surface area contributed by atoms with Gasteiger partial charge in [-0.1, -0.05) is 18.5 Å². The normalized spacial score (nSPS) is 18.2. The average molecular weight is 271 g/mol. The molecule has 4 nitrogen and oxygen atoms in total. The molecule has 1 aromatic heterocycles.